The van der Waals surface area contributed by atoms with Gasteiger partial charge in [-0.15, -0.1) is 0 Å². The molecule has 0 spiro atoms. The molecule has 1 N–H and O–H groups in total. The average molecular weight is 252 g/mol. The highest BCUT2D eigenvalue weighted by molar-refractivity contribution is 5.18. The third-order valence-electron chi connectivity index (χ3n) is 3.94. The Kier molecular flexibility index (Phi) is 3.31. The van der Waals surface area contributed by atoms with Crippen LogP contribution in [0.1, 0.15) is 24.8 Å². The Balaban J connectivity index is 1.68. The Hall–Kier alpha value is -1.00. The summed E-state index contributed by atoms with van der Waals surface area (Å²) in [6, 6.07) is 4.98. The predicted octanol–water partition coefficient (Wildman–Crippen LogP) is 2.29. The quantitative estimate of drug-likeness (QED) is 0.868. The average Bonchev–Trinajstić information content (AvgIpc) is 2.61. The third-order valence-corrected chi connectivity index (χ3v) is 3.94. The number of likely N-dealkylation sites (tertiary alicyclic amines) is 1. The number of rotatable bonds is 2. The van der Waals surface area contributed by atoms with E-state index in [1.165, 1.54) is 25.0 Å². The van der Waals surface area contributed by atoms with Crippen molar-refractivity contribution in [3.8, 4) is 0 Å². The van der Waals surface area contributed by atoms with E-state index < -0.39 is 11.6 Å². The zero-order valence-electron chi connectivity index (χ0n) is 10.3. The summed E-state index contributed by atoms with van der Waals surface area (Å²) in [5.74, 6) is -0.973. The summed E-state index contributed by atoms with van der Waals surface area (Å²) < 4.78 is 26.3. The van der Waals surface area contributed by atoms with Gasteiger partial charge in [0.2, 0.25) is 0 Å². The minimum absolute atomic E-state index is 0.487. The van der Waals surface area contributed by atoms with Gasteiger partial charge in [-0.25, -0.2) is 8.78 Å². The summed E-state index contributed by atoms with van der Waals surface area (Å²) in [7, 11) is 0. The molecule has 0 aliphatic carbocycles. The summed E-state index contributed by atoms with van der Waals surface area (Å²) >= 11 is 0. The number of benzene rings is 1. The molecule has 0 aromatic heterocycles. The first-order valence-corrected chi connectivity index (χ1v) is 6.62. The van der Waals surface area contributed by atoms with Gasteiger partial charge in [0.15, 0.2) is 0 Å². The highest BCUT2D eigenvalue weighted by Gasteiger charge is 2.29. The van der Waals surface area contributed by atoms with Gasteiger partial charge in [0, 0.05) is 37.8 Å². The second-order valence-corrected chi connectivity index (χ2v) is 5.44. The van der Waals surface area contributed by atoms with Crippen LogP contribution in [0.2, 0.25) is 0 Å². The summed E-state index contributed by atoms with van der Waals surface area (Å²) in [6.45, 7) is 2.63. The van der Waals surface area contributed by atoms with E-state index in [4.69, 9.17) is 0 Å². The highest BCUT2D eigenvalue weighted by atomic mass is 19.1. The summed E-state index contributed by atoms with van der Waals surface area (Å²) in [5.41, 5.74) is 0.727. The van der Waals surface area contributed by atoms with Gasteiger partial charge >= 0.3 is 0 Å². The van der Waals surface area contributed by atoms with Gasteiger partial charge in [0.05, 0.1) is 0 Å². The first kappa shape index (κ1) is 12.1. The van der Waals surface area contributed by atoms with E-state index in [9.17, 15) is 8.78 Å². The lowest BCUT2D eigenvalue weighted by Gasteiger charge is -2.24. The normalized spacial score (nSPS) is 28.3. The molecule has 0 radical (unpaired) electrons. The first-order valence-electron chi connectivity index (χ1n) is 6.62. The molecule has 2 nitrogen and oxygen atoms in total. The second-order valence-electron chi connectivity index (χ2n) is 5.44. The first-order chi connectivity index (χ1) is 8.69. The van der Waals surface area contributed by atoms with Gasteiger partial charge < -0.3 is 5.32 Å². The van der Waals surface area contributed by atoms with Crippen LogP contribution in [0.25, 0.3) is 0 Å². The van der Waals surface area contributed by atoms with Crippen LogP contribution < -0.4 is 5.32 Å². The number of halogens is 2. The predicted molar refractivity (Wildman–Crippen MR) is 66.2 cm³/mol. The van der Waals surface area contributed by atoms with Gasteiger partial charge in [0.25, 0.3) is 0 Å². The van der Waals surface area contributed by atoms with Crippen LogP contribution in [0.5, 0.6) is 0 Å². The van der Waals surface area contributed by atoms with Gasteiger partial charge in [-0.05, 0) is 37.0 Å². The Morgan fingerprint density at radius 2 is 1.78 bits per heavy atom. The molecule has 2 unspecified atom stereocenters. The Bertz CT molecular complexity index is 416. The summed E-state index contributed by atoms with van der Waals surface area (Å²) in [5, 5.41) is 3.60. The molecule has 2 aliphatic rings. The summed E-state index contributed by atoms with van der Waals surface area (Å²) in [6.07, 6.45) is 3.63. The van der Waals surface area contributed by atoms with E-state index in [-0.39, 0.29) is 0 Å². The highest BCUT2D eigenvalue weighted by Crippen LogP contribution is 2.21. The van der Waals surface area contributed by atoms with Crippen LogP contribution in [-0.4, -0.2) is 30.1 Å². The molecule has 98 valence electrons. The molecule has 0 amide bonds. The molecule has 2 fully saturated rings. The fourth-order valence-corrected chi connectivity index (χ4v) is 3.12. The lowest BCUT2D eigenvalue weighted by atomic mass is 10.1. The number of nitrogens with one attached hydrogen (secondary N) is 1. The van der Waals surface area contributed by atoms with E-state index in [0.29, 0.717) is 18.6 Å². The van der Waals surface area contributed by atoms with Crippen LogP contribution in [0, 0.1) is 11.6 Å². The SMILES string of the molecule is Fc1cc(F)cc(CN2CCC3CCC(C2)N3)c1. The summed E-state index contributed by atoms with van der Waals surface area (Å²) in [4.78, 5) is 2.30. The van der Waals surface area contributed by atoms with Crippen molar-refractivity contribution < 1.29 is 8.78 Å². The van der Waals surface area contributed by atoms with Gasteiger partial charge in [-0.1, -0.05) is 0 Å². The fraction of sp³-hybridized carbons (Fsp3) is 0.571. The molecule has 18 heavy (non-hydrogen) atoms. The van der Waals surface area contributed by atoms with Crippen molar-refractivity contribution in [2.24, 2.45) is 0 Å². The minimum atomic E-state index is -0.487. The minimum Gasteiger partial charge on any atom is -0.310 e. The Morgan fingerprint density at radius 1 is 1.06 bits per heavy atom. The van der Waals surface area contributed by atoms with Gasteiger partial charge in [-0.2, -0.15) is 0 Å². The van der Waals surface area contributed by atoms with Crippen molar-refractivity contribution in [3.63, 3.8) is 0 Å². The van der Waals surface area contributed by atoms with E-state index in [2.05, 4.69) is 10.2 Å². The molecular weight excluding hydrogens is 234 g/mol. The van der Waals surface area contributed by atoms with Crippen molar-refractivity contribution >= 4 is 0 Å². The van der Waals surface area contributed by atoms with E-state index in [0.717, 1.165) is 31.1 Å². The fourth-order valence-electron chi connectivity index (χ4n) is 3.12. The number of fused-ring (bicyclic) bond motifs is 2. The smallest absolute Gasteiger partial charge is 0.126 e. The van der Waals surface area contributed by atoms with Crippen LogP contribution >= 0.6 is 0 Å². The number of nitrogens with zero attached hydrogens (tertiary/aromatic N) is 1. The van der Waals surface area contributed by atoms with E-state index in [1.54, 1.807) is 0 Å². The third kappa shape index (κ3) is 2.70. The number of hydrogen-bond donors (Lipinski definition) is 1. The van der Waals surface area contributed by atoms with Crippen molar-refractivity contribution in [1.82, 2.24) is 10.2 Å². The molecule has 4 heteroatoms. The molecule has 2 heterocycles. The van der Waals surface area contributed by atoms with Gasteiger partial charge in [-0.3, -0.25) is 4.90 Å². The second kappa shape index (κ2) is 4.94. The van der Waals surface area contributed by atoms with E-state index in [1.807, 2.05) is 0 Å². The van der Waals surface area contributed by atoms with E-state index >= 15 is 0 Å². The van der Waals surface area contributed by atoms with Crippen molar-refractivity contribution in [1.29, 1.82) is 0 Å². The molecule has 1 aromatic rings. The lowest BCUT2D eigenvalue weighted by Crippen LogP contribution is -2.34. The molecule has 1 aromatic carbocycles. The lowest BCUT2D eigenvalue weighted by molar-refractivity contribution is 0.250. The monoisotopic (exact) mass is 252 g/mol. The van der Waals surface area contributed by atoms with Crippen LogP contribution in [0.3, 0.4) is 0 Å². The van der Waals surface area contributed by atoms with Crippen molar-refractivity contribution in [2.75, 3.05) is 13.1 Å². The topological polar surface area (TPSA) is 15.3 Å². The molecule has 2 bridgehead atoms. The van der Waals surface area contributed by atoms with Crippen molar-refractivity contribution in [2.45, 2.75) is 37.9 Å². The molecule has 2 aliphatic heterocycles. The molecule has 3 rings (SSSR count). The molecule has 2 saturated heterocycles. The van der Waals surface area contributed by atoms with Crippen LogP contribution in [-0.2, 0) is 6.54 Å². The maximum atomic E-state index is 13.1. The Labute approximate surface area is 106 Å². The van der Waals surface area contributed by atoms with Gasteiger partial charge in [0.1, 0.15) is 11.6 Å². The maximum absolute atomic E-state index is 13.1. The molecular formula is C14H18F2N2. The number of hydrogen-bond acceptors (Lipinski definition) is 2. The zero-order chi connectivity index (χ0) is 12.5. The molecule has 0 saturated carbocycles. The van der Waals surface area contributed by atoms with Crippen LogP contribution in [0.4, 0.5) is 8.78 Å². The Morgan fingerprint density at radius 3 is 2.56 bits per heavy atom. The van der Waals surface area contributed by atoms with Crippen LogP contribution in [0.15, 0.2) is 18.2 Å². The zero-order valence-corrected chi connectivity index (χ0v) is 10.3. The molecule has 2 atom stereocenters. The largest absolute Gasteiger partial charge is 0.310 e. The maximum Gasteiger partial charge on any atom is 0.126 e. The standard InChI is InChI=1S/C14H18F2N2/c15-11-5-10(6-12(16)7-11)8-18-4-3-13-1-2-14(9-18)17-13/h5-7,13-14,17H,1-4,8-9H2. The van der Waals surface area contributed by atoms with Crippen molar-refractivity contribution in [3.05, 3.63) is 35.4 Å².